The van der Waals surface area contributed by atoms with Crippen LogP contribution in [-0.2, 0) is 6.42 Å². The second kappa shape index (κ2) is 10.0. The number of hydrogen-bond acceptors (Lipinski definition) is 5. The molecule has 186 valence electrons. The quantitative estimate of drug-likeness (QED) is 0.402. The fourth-order valence-corrected chi connectivity index (χ4v) is 4.85. The summed E-state index contributed by atoms with van der Waals surface area (Å²) < 4.78 is 15.3. The molecule has 0 aliphatic carbocycles. The number of carbonyl (C=O) groups excluding carboxylic acids is 1. The standard InChI is InChI=1S/C28H31FN6O/c1-4-8-24-30-26(25-20(3)32-35(27(25)31-24)22-13-11-21(29)12-14-22)33-15-7-16-34(18-17-33)28(36)23-10-6-5-9-19(23)2/h5-6,9-14H,4,7-8,15-18H2,1-3H3. The van der Waals surface area contributed by atoms with E-state index < -0.39 is 0 Å². The lowest BCUT2D eigenvalue weighted by atomic mass is 10.1. The van der Waals surface area contributed by atoms with Crippen LogP contribution in [-0.4, -0.2) is 56.7 Å². The zero-order chi connectivity index (χ0) is 25.2. The van der Waals surface area contributed by atoms with E-state index in [-0.39, 0.29) is 11.7 Å². The van der Waals surface area contributed by atoms with Crippen molar-refractivity contribution in [3.63, 3.8) is 0 Å². The Hall–Kier alpha value is -3.81. The van der Waals surface area contributed by atoms with E-state index in [0.29, 0.717) is 19.6 Å². The second-order valence-corrected chi connectivity index (χ2v) is 9.33. The molecule has 2 aromatic carbocycles. The number of amides is 1. The average molecular weight is 487 g/mol. The van der Waals surface area contributed by atoms with Gasteiger partial charge in [0.05, 0.1) is 16.8 Å². The van der Waals surface area contributed by atoms with E-state index in [4.69, 9.17) is 15.1 Å². The van der Waals surface area contributed by atoms with Gasteiger partial charge in [0, 0.05) is 38.2 Å². The minimum atomic E-state index is -0.289. The number of rotatable bonds is 5. The molecule has 7 nitrogen and oxygen atoms in total. The molecule has 0 spiro atoms. The first-order valence-corrected chi connectivity index (χ1v) is 12.6. The van der Waals surface area contributed by atoms with Gasteiger partial charge in [0.1, 0.15) is 17.5 Å². The smallest absolute Gasteiger partial charge is 0.254 e. The van der Waals surface area contributed by atoms with E-state index in [1.165, 1.54) is 12.1 Å². The van der Waals surface area contributed by atoms with Crippen LogP contribution in [0.5, 0.6) is 0 Å². The van der Waals surface area contributed by atoms with Gasteiger partial charge in [-0.2, -0.15) is 5.10 Å². The largest absolute Gasteiger partial charge is 0.354 e. The van der Waals surface area contributed by atoms with Crippen molar-refractivity contribution in [1.82, 2.24) is 24.6 Å². The number of aryl methyl sites for hydroxylation is 3. The zero-order valence-corrected chi connectivity index (χ0v) is 21.0. The van der Waals surface area contributed by atoms with Crippen LogP contribution in [0.15, 0.2) is 48.5 Å². The molecule has 0 radical (unpaired) electrons. The van der Waals surface area contributed by atoms with E-state index in [0.717, 1.165) is 71.0 Å². The maximum absolute atomic E-state index is 13.6. The summed E-state index contributed by atoms with van der Waals surface area (Å²) in [7, 11) is 0. The highest BCUT2D eigenvalue weighted by molar-refractivity contribution is 5.96. The van der Waals surface area contributed by atoms with Gasteiger partial charge in [-0.3, -0.25) is 4.79 Å². The molecule has 4 aromatic rings. The van der Waals surface area contributed by atoms with Gasteiger partial charge in [-0.15, -0.1) is 0 Å². The number of nitrogens with zero attached hydrogens (tertiary/aromatic N) is 6. The van der Waals surface area contributed by atoms with Crippen molar-refractivity contribution in [3.05, 3.63) is 77.0 Å². The first kappa shape index (κ1) is 23.9. The number of hydrogen-bond donors (Lipinski definition) is 0. The van der Waals surface area contributed by atoms with Crippen LogP contribution in [0.25, 0.3) is 16.7 Å². The lowest BCUT2D eigenvalue weighted by Crippen LogP contribution is -2.35. The minimum Gasteiger partial charge on any atom is -0.354 e. The molecule has 0 saturated carbocycles. The number of carbonyl (C=O) groups is 1. The molecule has 5 rings (SSSR count). The molecule has 3 heterocycles. The lowest BCUT2D eigenvalue weighted by molar-refractivity contribution is 0.0766. The van der Waals surface area contributed by atoms with E-state index in [1.54, 1.807) is 16.8 Å². The first-order chi connectivity index (χ1) is 17.5. The normalized spacial score (nSPS) is 14.3. The van der Waals surface area contributed by atoms with Gasteiger partial charge in [0.2, 0.25) is 0 Å². The van der Waals surface area contributed by atoms with Crippen LogP contribution in [0.2, 0.25) is 0 Å². The van der Waals surface area contributed by atoms with Gasteiger partial charge < -0.3 is 9.80 Å². The number of aromatic nitrogens is 4. The van der Waals surface area contributed by atoms with E-state index in [1.807, 2.05) is 43.0 Å². The van der Waals surface area contributed by atoms with Crippen molar-refractivity contribution in [2.45, 2.75) is 40.0 Å². The fourth-order valence-electron chi connectivity index (χ4n) is 4.85. The third kappa shape index (κ3) is 4.55. The van der Waals surface area contributed by atoms with Gasteiger partial charge >= 0.3 is 0 Å². The molecule has 1 fully saturated rings. The van der Waals surface area contributed by atoms with E-state index in [9.17, 15) is 9.18 Å². The molecule has 0 bridgehead atoms. The molecule has 1 saturated heterocycles. The Labute approximate surface area is 210 Å². The SMILES string of the molecule is CCCc1nc(N2CCCN(C(=O)c3ccccc3C)CC2)c2c(C)nn(-c3ccc(F)cc3)c2n1. The highest BCUT2D eigenvalue weighted by atomic mass is 19.1. The van der Waals surface area contributed by atoms with Crippen LogP contribution >= 0.6 is 0 Å². The Bertz CT molecular complexity index is 1400. The molecule has 36 heavy (non-hydrogen) atoms. The summed E-state index contributed by atoms with van der Waals surface area (Å²) in [6.45, 7) is 8.83. The molecule has 1 aliphatic rings. The second-order valence-electron chi connectivity index (χ2n) is 9.33. The van der Waals surface area contributed by atoms with E-state index in [2.05, 4.69) is 11.8 Å². The maximum Gasteiger partial charge on any atom is 0.254 e. The fraction of sp³-hybridized carbons (Fsp3) is 0.357. The van der Waals surface area contributed by atoms with Crippen LogP contribution < -0.4 is 4.90 Å². The highest BCUT2D eigenvalue weighted by Gasteiger charge is 2.25. The van der Waals surface area contributed by atoms with Crippen LogP contribution in [0.1, 0.15) is 47.2 Å². The topological polar surface area (TPSA) is 67.2 Å². The molecular formula is C28H31FN6O. The Morgan fingerprint density at radius 2 is 1.75 bits per heavy atom. The van der Waals surface area contributed by atoms with Crippen molar-refractivity contribution in [1.29, 1.82) is 0 Å². The summed E-state index contributed by atoms with van der Waals surface area (Å²) in [5, 5.41) is 5.66. The maximum atomic E-state index is 13.6. The number of anilines is 1. The van der Waals surface area contributed by atoms with E-state index >= 15 is 0 Å². The van der Waals surface area contributed by atoms with Crippen molar-refractivity contribution in [2.24, 2.45) is 0 Å². The predicted octanol–water partition coefficient (Wildman–Crippen LogP) is 4.88. The third-order valence-corrected chi connectivity index (χ3v) is 6.73. The third-order valence-electron chi connectivity index (χ3n) is 6.73. The summed E-state index contributed by atoms with van der Waals surface area (Å²) in [5.74, 6) is 1.41. The van der Waals surface area contributed by atoms with Gasteiger partial charge in [-0.05, 0) is 62.6 Å². The van der Waals surface area contributed by atoms with Crippen LogP contribution in [0, 0.1) is 19.7 Å². The molecule has 8 heteroatoms. The van der Waals surface area contributed by atoms with Gasteiger partial charge in [0.15, 0.2) is 5.65 Å². The number of fused-ring (bicyclic) bond motifs is 1. The monoisotopic (exact) mass is 486 g/mol. The zero-order valence-electron chi connectivity index (χ0n) is 21.0. The first-order valence-electron chi connectivity index (χ1n) is 12.6. The molecule has 2 aromatic heterocycles. The van der Waals surface area contributed by atoms with Crippen molar-refractivity contribution in [2.75, 3.05) is 31.1 Å². The van der Waals surface area contributed by atoms with Crippen molar-refractivity contribution < 1.29 is 9.18 Å². The molecule has 0 atom stereocenters. The molecule has 1 aliphatic heterocycles. The van der Waals surface area contributed by atoms with Gasteiger partial charge in [-0.25, -0.2) is 19.0 Å². The summed E-state index contributed by atoms with van der Waals surface area (Å²) in [6, 6.07) is 14.0. The summed E-state index contributed by atoms with van der Waals surface area (Å²) in [4.78, 5) is 27.3. The molecular weight excluding hydrogens is 455 g/mol. The Morgan fingerprint density at radius 3 is 2.50 bits per heavy atom. The molecule has 1 amide bonds. The minimum absolute atomic E-state index is 0.0785. The summed E-state index contributed by atoms with van der Waals surface area (Å²) in [6.07, 6.45) is 2.52. The highest BCUT2D eigenvalue weighted by Crippen LogP contribution is 2.30. The Balaban J connectivity index is 1.50. The van der Waals surface area contributed by atoms with Gasteiger partial charge in [0.25, 0.3) is 5.91 Å². The Kier molecular flexibility index (Phi) is 6.67. The number of halogens is 1. The van der Waals surface area contributed by atoms with Crippen LogP contribution in [0.3, 0.4) is 0 Å². The lowest BCUT2D eigenvalue weighted by Gasteiger charge is -2.24. The van der Waals surface area contributed by atoms with Crippen LogP contribution in [0.4, 0.5) is 10.2 Å². The molecule has 0 unspecified atom stereocenters. The van der Waals surface area contributed by atoms with Gasteiger partial charge in [-0.1, -0.05) is 25.1 Å². The predicted molar refractivity (Wildman–Crippen MR) is 139 cm³/mol. The average Bonchev–Trinajstić information content (AvgIpc) is 3.04. The van der Waals surface area contributed by atoms with Crippen molar-refractivity contribution >= 4 is 22.8 Å². The van der Waals surface area contributed by atoms with Crippen molar-refractivity contribution in [3.8, 4) is 5.69 Å². The summed E-state index contributed by atoms with van der Waals surface area (Å²) >= 11 is 0. The number of benzene rings is 2. The molecule has 0 N–H and O–H groups in total. The Morgan fingerprint density at radius 1 is 0.972 bits per heavy atom. The summed E-state index contributed by atoms with van der Waals surface area (Å²) in [5.41, 5.74) is 4.06.